The van der Waals surface area contributed by atoms with E-state index in [1.165, 1.54) is 0 Å². The number of carbonyl (C=O) groups is 1. The monoisotopic (exact) mass is 281 g/mol. The van der Waals surface area contributed by atoms with E-state index in [9.17, 15) is 4.79 Å². The van der Waals surface area contributed by atoms with Crippen molar-refractivity contribution in [3.63, 3.8) is 0 Å². The van der Waals surface area contributed by atoms with E-state index < -0.39 is 0 Å². The van der Waals surface area contributed by atoms with Crippen LogP contribution in [-0.4, -0.2) is 11.8 Å². The summed E-state index contributed by atoms with van der Waals surface area (Å²) in [6.07, 6.45) is 3.84. The number of unbranched alkanes of at least 4 members (excludes halogenated alkanes) is 1. The van der Waals surface area contributed by atoms with Crippen LogP contribution in [0.1, 0.15) is 43.0 Å². The molecule has 1 unspecified atom stereocenters. The molecule has 0 amide bonds. The van der Waals surface area contributed by atoms with Gasteiger partial charge in [0.25, 0.3) is 0 Å². The Morgan fingerprint density at radius 3 is 2.24 bits per heavy atom. The summed E-state index contributed by atoms with van der Waals surface area (Å²) in [6, 6.07) is 19.9. The predicted molar refractivity (Wildman–Crippen MR) is 88.8 cm³/mol. The first-order valence-electron chi connectivity index (χ1n) is 7.69. The molecule has 0 spiro atoms. The van der Waals surface area contributed by atoms with E-state index in [0.29, 0.717) is 6.42 Å². The van der Waals surface area contributed by atoms with Crippen molar-refractivity contribution in [2.45, 2.75) is 38.6 Å². The highest BCUT2D eigenvalue weighted by Crippen LogP contribution is 2.16. The molecular formula is C19H23NO. The number of rotatable bonds is 8. The third kappa shape index (κ3) is 5.07. The summed E-state index contributed by atoms with van der Waals surface area (Å²) in [6.45, 7) is 2.18. The fraction of sp³-hybridized carbons (Fsp3) is 0.316. The summed E-state index contributed by atoms with van der Waals surface area (Å²) in [7, 11) is 0. The van der Waals surface area contributed by atoms with E-state index in [0.717, 1.165) is 30.5 Å². The Labute approximate surface area is 127 Å². The molecule has 0 bridgehead atoms. The van der Waals surface area contributed by atoms with E-state index in [1.54, 1.807) is 0 Å². The van der Waals surface area contributed by atoms with Crippen LogP contribution in [0.15, 0.2) is 60.7 Å². The summed E-state index contributed by atoms with van der Waals surface area (Å²) < 4.78 is 0. The van der Waals surface area contributed by atoms with Gasteiger partial charge in [0, 0.05) is 23.7 Å². The van der Waals surface area contributed by atoms with Gasteiger partial charge in [0.15, 0.2) is 5.78 Å². The van der Waals surface area contributed by atoms with Crippen molar-refractivity contribution in [1.29, 1.82) is 0 Å². The Balaban J connectivity index is 2.00. The van der Waals surface area contributed by atoms with Crippen LogP contribution in [-0.2, 0) is 0 Å². The molecule has 0 saturated carbocycles. The van der Waals surface area contributed by atoms with Gasteiger partial charge < -0.3 is 5.32 Å². The lowest BCUT2D eigenvalue weighted by Gasteiger charge is -2.19. The van der Waals surface area contributed by atoms with Crippen molar-refractivity contribution in [1.82, 2.24) is 0 Å². The summed E-state index contributed by atoms with van der Waals surface area (Å²) >= 11 is 0. The van der Waals surface area contributed by atoms with Crippen molar-refractivity contribution < 1.29 is 4.79 Å². The molecule has 1 N–H and O–H groups in total. The van der Waals surface area contributed by atoms with Gasteiger partial charge in [-0.05, 0) is 18.6 Å². The van der Waals surface area contributed by atoms with Gasteiger partial charge in [0.2, 0.25) is 0 Å². The molecule has 0 saturated heterocycles. The lowest BCUT2D eigenvalue weighted by molar-refractivity contribution is 0.0975. The van der Waals surface area contributed by atoms with Crippen LogP contribution in [0, 0.1) is 0 Å². The Bertz CT molecular complexity index is 536. The Morgan fingerprint density at radius 2 is 1.62 bits per heavy atom. The highest BCUT2D eigenvalue weighted by atomic mass is 16.1. The lowest BCUT2D eigenvalue weighted by Crippen LogP contribution is -2.23. The molecule has 2 rings (SSSR count). The average Bonchev–Trinajstić information content (AvgIpc) is 2.54. The number of Topliss-reactive ketones (excluding diaryl/α,β-unsaturated/α-hetero) is 1. The van der Waals surface area contributed by atoms with E-state index in [1.807, 2.05) is 60.7 Å². The summed E-state index contributed by atoms with van der Waals surface area (Å²) in [4.78, 5) is 12.4. The molecule has 0 aromatic heterocycles. The quantitative estimate of drug-likeness (QED) is 0.695. The van der Waals surface area contributed by atoms with Gasteiger partial charge in [0.1, 0.15) is 0 Å². The molecule has 2 heteroatoms. The molecule has 0 heterocycles. The third-order valence-electron chi connectivity index (χ3n) is 3.58. The van der Waals surface area contributed by atoms with Crippen LogP contribution in [0.2, 0.25) is 0 Å². The van der Waals surface area contributed by atoms with Crippen molar-refractivity contribution in [3.8, 4) is 0 Å². The lowest BCUT2D eigenvalue weighted by atomic mass is 9.99. The molecule has 1 atom stereocenters. The SMILES string of the molecule is CCCCC(CC(=O)c1ccccc1)Nc1ccccc1. The Kier molecular flexibility index (Phi) is 6.01. The second kappa shape index (κ2) is 8.25. The van der Waals surface area contributed by atoms with E-state index in [-0.39, 0.29) is 11.8 Å². The molecule has 0 fully saturated rings. The average molecular weight is 281 g/mol. The van der Waals surface area contributed by atoms with E-state index >= 15 is 0 Å². The smallest absolute Gasteiger partial charge is 0.164 e. The highest BCUT2D eigenvalue weighted by molar-refractivity contribution is 5.96. The van der Waals surface area contributed by atoms with Crippen molar-refractivity contribution >= 4 is 11.5 Å². The fourth-order valence-corrected chi connectivity index (χ4v) is 2.41. The van der Waals surface area contributed by atoms with Crippen LogP contribution in [0.25, 0.3) is 0 Å². The number of ketones is 1. The highest BCUT2D eigenvalue weighted by Gasteiger charge is 2.14. The summed E-state index contributed by atoms with van der Waals surface area (Å²) in [5.41, 5.74) is 1.88. The largest absolute Gasteiger partial charge is 0.382 e. The number of para-hydroxylation sites is 1. The number of hydrogen-bond acceptors (Lipinski definition) is 2. The predicted octanol–water partition coefficient (Wildman–Crippen LogP) is 4.93. The molecule has 21 heavy (non-hydrogen) atoms. The zero-order valence-corrected chi connectivity index (χ0v) is 12.6. The number of hydrogen-bond donors (Lipinski definition) is 1. The van der Waals surface area contributed by atoms with Gasteiger partial charge in [-0.15, -0.1) is 0 Å². The van der Waals surface area contributed by atoms with Gasteiger partial charge in [-0.1, -0.05) is 68.3 Å². The second-order valence-electron chi connectivity index (χ2n) is 5.34. The first-order valence-corrected chi connectivity index (χ1v) is 7.69. The minimum atomic E-state index is 0.194. The van der Waals surface area contributed by atoms with E-state index in [4.69, 9.17) is 0 Å². The number of benzene rings is 2. The number of nitrogens with one attached hydrogen (secondary N) is 1. The Morgan fingerprint density at radius 1 is 1.00 bits per heavy atom. The zero-order valence-electron chi connectivity index (χ0n) is 12.6. The first kappa shape index (κ1) is 15.3. The molecule has 110 valence electrons. The maximum atomic E-state index is 12.4. The van der Waals surface area contributed by atoms with Crippen molar-refractivity contribution in [2.75, 3.05) is 5.32 Å². The van der Waals surface area contributed by atoms with Gasteiger partial charge in [-0.3, -0.25) is 4.79 Å². The maximum Gasteiger partial charge on any atom is 0.164 e. The topological polar surface area (TPSA) is 29.1 Å². The number of anilines is 1. The third-order valence-corrected chi connectivity index (χ3v) is 3.58. The van der Waals surface area contributed by atoms with Crippen molar-refractivity contribution in [2.24, 2.45) is 0 Å². The fourth-order valence-electron chi connectivity index (χ4n) is 2.41. The minimum Gasteiger partial charge on any atom is -0.382 e. The minimum absolute atomic E-state index is 0.194. The van der Waals surface area contributed by atoms with Gasteiger partial charge in [-0.25, -0.2) is 0 Å². The van der Waals surface area contributed by atoms with E-state index in [2.05, 4.69) is 12.2 Å². The normalized spacial score (nSPS) is 11.9. The molecule has 2 aromatic rings. The maximum absolute atomic E-state index is 12.4. The van der Waals surface area contributed by atoms with Crippen LogP contribution in [0.4, 0.5) is 5.69 Å². The molecular weight excluding hydrogens is 258 g/mol. The van der Waals surface area contributed by atoms with Crippen LogP contribution < -0.4 is 5.32 Å². The molecule has 0 radical (unpaired) electrons. The van der Waals surface area contributed by atoms with Gasteiger partial charge >= 0.3 is 0 Å². The standard InChI is InChI=1S/C19H23NO/c1-2-3-12-18(20-17-13-8-5-9-14-17)15-19(21)16-10-6-4-7-11-16/h4-11,13-14,18,20H,2-3,12,15H2,1H3. The molecule has 0 aliphatic rings. The van der Waals surface area contributed by atoms with Gasteiger partial charge in [0.05, 0.1) is 0 Å². The van der Waals surface area contributed by atoms with Crippen LogP contribution in [0.3, 0.4) is 0 Å². The molecule has 2 aromatic carbocycles. The molecule has 2 nitrogen and oxygen atoms in total. The molecule has 0 aliphatic heterocycles. The van der Waals surface area contributed by atoms with Crippen molar-refractivity contribution in [3.05, 3.63) is 66.2 Å². The van der Waals surface area contributed by atoms with Crippen LogP contribution in [0.5, 0.6) is 0 Å². The van der Waals surface area contributed by atoms with Gasteiger partial charge in [-0.2, -0.15) is 0 Å². The number of carbonyl (C=O) groups excluding carboxylic acids is 1. The summed E-state index contributed by atoms with van der Waals surface area (Å²) in [5, 5.41) is 3.49. The summed E-state index contributed by atoms with van der Waals surface area (Å²) in [5.74, 6) is 0.208. The first-order chi connectivity index (χ1) is 10.3. The van der Waals surface area contributed by atoms with Crippen LogP contribution >= 0.6 is 0 Å². The Hall–Kier alpha value is -2.09. The molecule has 0 aliphatic carbocycles. The second-order valence-corrected chi connectivity index (χ2v) is 5.34. The zero-order chi connectivity index (χ0) is 14.9.